The molecule has 3 rings (SSSR count). The molecule has 0 aliphatic heterocycles. The normalized spacial score (nSPS) is 14.3. The van der Waals surface area contributed by atoms with Gasteiger partial charge in [0, 0.05) is 12.6 Å². The summed E-state index contributed by atoms with van der Waals surface area (Å²) in [5, 5.41) is 3.52. The Morgan fingerprint density at radius 1 is 1.05 bits per heavy atom. The fraction of sp³-hybridized carbons (Fsp3) is 0.333. The minimum Gasteiger partial charge on any atom is -0.457 e. The zero-order valence-electron chi connectivity index (χ0n) is 12.1. The molecule has 0 saturated heterocycles. The van der Waals surface area contributed by atoms with Crippen LogP contribution in [0.4, 0.5) is 0 Å². The van der Waals surface area contributed by atoms with Gasteiger partial charge in [0.15, 0.2) is 0 Å². The van der Waals surface area contributed by atoms with E-state index in [2.05, 4.69) is 43.4 Å². The summed E-state index contributed by atoms with van der Waals surface area (Å²) in [5.41, 5.74) is 3.74. The van der Waals surface area contributed by atoms with Gasteiger partial charge < -0.3 is 10.1 Å². The summed E-state index contributed by atoms with van der Waals surface area (Å²) in [4.78, 5) is 0. The fourth-order valence-electron chi connectivity index (χ4n) is 2.27. The summed E-state index contributed by atoms with van der Waals surface area (Å²) < 4.78 is 5.94. The first kappa shape index (κ1) is 13.2. The number of ether oxygens (including phenoxy) is 1. The smallest absolute Gasteiger partial charge is 0.130 e. The van der Waals surface area contributed by atoms with E-state index in [9.17, 15) is 0 Å². The van der Waals surface area contributed by atoms with Crippen LogP contribution in [-0.2, 0) is 6.54 Å². The number of hydrogen-bond acceptors (Lipinski definition) is 2. The van der Waals surface area contributed by atoms with Gasteiger partial charge in [-0.15, -0.1) is 0 Å². The van der Waals surface area contributed by atoms with Crippen molar-refractivity contribution < 1.29 is 4.74 Å². The van der Waals surface area contributed by atoms with E-state index < -0.39 is 0 Å². The standard InChI is InChI=1S/C18H21NO/c1-13-3-10-18(14(2)11-13)20-17-8-4-15(5-9-17)12-19-16-6-7-16/h3-5,8-11,16,19H,6-7,12H2,1-2H3. The van der Waals surface area contributed by atoms with Crippen molar-refractivity contribution in [3.63, 3.8) is 0 Å². The van der Waals surface area contributed by atoms with Gasteiger partial charge in [0.2, 0.25) is 0 Å². The maximum atomic E-state index is 5.94. The summed E-state index contributed by atoms with van der Waals surface area (Å²) in [7, 11) is 0. The van der Waals surface area contributed by atoms with Gasteiger partial charge in [-0.2, -0.15) is 0 Å². The maximum Gasteiger partial charge on any atom is 0.130 e. The molecule has 2 aromatic rings. The van der Waals surface area contributed by atoms with Crippen LogP contribution in [0.3, 0.4) is 0 Å². The van der Waals surface area contributed by atoms with Crippen molar-refractivity contribution in [2.45, 2.75) is 39.3 Å². The number of hydrogen-bond donors (Lipinski definition) is 1. The van der Waals surface area contributed by atoms with Crippen molar-refractivity contribution in [2.75, 3.05) is 0 Å². The van der Waals surface area contributed by atoms with Crippen molar-refractivity contribution in [1.29, 1.82) is 0 Å². The van der Waals surface area contributed by atoms with Crippen molar-refractivity contribution in [2.24, 2.45) is 0 Å². The van der Waals surface area contributed by atoms with Gasteiger partial charge in [-0.3, -0.25) is 0 Å². The van der Waals surface area contributed by atoms with E-state index in [0.29, 0.717) is 0 Å². The van der Waals surface area contributed by atoms with Gasteiger partial charge in [0.1, 0.15) is 11.5 Å². The lowest BCUT2D eigenvalue weighted by Crippen LogP contribution is -2.14. The van der Waals surface area contributed by atoms with E-state index >= 15 is 0 Å². The molecule has 1 saturated carbocycles. The molecule has 1 aliphatic carbocycles. The Labute approximate surface area is 120 Å². The summed E-state index contributed by atoms with van der Waals surface area (Å²) in [6.07, 6.45) is 2.65. The van der Waals surface area contributed by atoms with Gasteiger partial charge in [0.25, 0.3) is 0 Å². The molecule has 1 aliphatic rings. The quantitative estimate of drug-likeness (QED) is 0.869. The monoisotopic (exact) mass is 267 g/mol. The fourth-order valence-corrected chi connectivity index (χ4v) is 2.27. The molecule has 0 heterocycles. The topological polar surface area (TPSA) is 21.3 Å². The maximum absolute atomic E-state index is 5.94. The van der Waals surface area contributed by atoms with Crippen LogP contribution in [0.25, 0.3) is 0 Å². The van der Waals surface area contributed by atoms with Crippen LogP contribution in [0.5, 0.6) is 11.5 Å². The molecule has 0 atom stereocenters. The second kappa shape index (κ2) is 5.68. The zero-order valence-corrected chi connectivity index (χ0v) is 12.1. The van der Waals surface area contributed by atoms with Crippen LogP contribution in [0.15, 0.2) is 42.5 Å². The Morgan fingerprint density at radius 2 is 1.80 bits per heavy atom. The second-order valence-electron chi connectivity index (χ2n) is 5.67. The minimum absolute atomic E-state index is 0.751. The third-order valence-corrected chi connectivity index (χ3v) is 3.65. The molecule has 2 heteroatoms. The number of nitrogens with one attached hydrogen (secondary N) is 1. The Bertz CT molecular complexity index is 585. The predicted molar refractivity (Wildman–Crippen MR) is 82.3 cm³/mol. The van der Waals surface area contributed by atoms with Gasteiger partial charge in [0.05, 0.1) is 0 Å². The van der Waals surface area contributed by atoms with Crippen LogP contribution in [-0.4, -0.2) is 6.04 Å². The Kier molecular flexibility index (Phi) is 3.75. The highest BCUT2D eigenvalue weighted by atomic mass is 16.5. The first-order chi connectivity index (χ1) is 9.70. The van der Waals surface area contributed by atoms with E-state index in [1.54, 1.807) is 0 Å². The molecule has 0 aromatic heterocycles. The lowest BCUT2D eigenvalue weighted by Gasteiger charge is -2.10. The van der Waals surface area contributed by atoms with Gasteiger partial charge >= 0.3 is 0 Å². The number of aryl methyl sites for hydroxylation is 2. The van der Waals surface area contributed by atoms with Crippen molar-refractivity contribution in [3.05, 3.63) is 59.2 Å². The molecule has 20 heavy (non-hydrogen) atoms. The summed E-state index contributed by atoms with van der Waals surface area (Å²) in [6.45, 7) is 5.13. The van der Waals surface area contributed by atoms with Crippen LogP contribution in [0, 0.1) is 13.8 Å². The molecular weight excluding hydrogens is 246 g/mol. The first-order valence-corrected chi connectivity index (χ1v) is 7.28. The molecule has 0 radical (unpaired) electrons. The number of rotatable bonds is 5. The molecule has 0 spiro atoms. The van der Waals surface area contributed by atoms with E-state index in [-0.39, 0.29) is 0 Å². The van der Waals surface area contributed by atoms with E-state index in [0.717, 1.165) is 24.1 Å². The average molecular weight is 267 g/mol. The zero-order chi connectivity index (χ0) is 13.9. The summed E-state index contributed by atoms with van der Waals surface area (Å²) >= 11 is 0. The molecule has 0 bridgehead atoms. The first-order valence-electron chi connectivity index (χ1n) is 7.28. The lowest BCUT2D eigenvalue weighted by molar-refractivity contribution is 0.478. The van der Waals surface area contributed by atoms with Gasteiger partial charge in [-0.05, 0) is 56.0 Å². The molecule has 2 nitrogen and oxygen atoms in total. The van der Waals surface area contributed by atoms with Crippen LogP contribution in [0.1, 0.15) is 29.5 Å². The summed E-state index contributed by atoms with van der Waals surface area (Å²) in [6, 6.07) is 15.4. The largest absolute Gasteiger partial charge is 0.457 e. The molecule has 104 valence electrons. The summed E-state index contributed by atoms with van der Waals surface area (Å²) in [5.74, 6) is 1.83. The van der Waals surface area contributed by atoms with Crippen LogP contribution in [0.2, 0.25) is 0 Å². The highest BCUT2D eigenvalue weighted by Gasteiger charge is 2.19. The Balaban J connectivity index is 1.64. The van der Waals surface area contributed by atoms with Crippen LogP contribution < -0.4 is 10.1 Å². The van der Waals surface area contributed by atoms with Crippen molar-refractivity contribution in [3.8, 4) is 11.5 Å². The van der Waals surface area contributed by atoms with Crippen LogP contribution >= 0.6 is 0 Å². The third kappa shape index (κ3) is 3.40. The highest BCUT2D eigenvalue weighted by Crippen LogP contribution is 2.26. The van der Waals surface area contributed by atoms with E-state index in [1.165, 1.54) is 29.5 Å². The van der Waals surface area contributed by atoms with Gasteiger partial charge in [-0.1, -0.05) is 29.8 Å². The molecule has 0 unspecified atom stereocenters. The van der Waals surface area contributed by atoms with Crippen molar-refractivity contribution >= 4 is 0 Å². The molecule has 0 amide bonds. The third-order valence-electron chi connectivity index (χ3n) is 3.65. The van der Waals surface area contributed by atoms with E-state index in [1.807, 2.05) is 18.2 Å². The lowest BCUT2D eigenvalue weighted by atomic mass is 10.1. The average Bonchev–Trinajstić information content (AvgIpc) is 3.25. The number of benzene rings is 2. The molecule has 1 fully saturated rings. The minimum atomic E-state index is 0.751. The Morgan fingerprint density at radius 3 is 2.45 bits per heavy atom. The second-order valence-corrected chi connectivity index (χ2v) is 5.67. The SMILES string of the molecule is Cc1ccc(Oc2ccc(CNC3CC3)cc2)c(C)c1. The predicted octanol–water partition coefficient (Wildman–Crippen LogP) is 4.35. The molecule has 1 N–H and O–H groups in total. The van der Waals surface area contributed by atoms with E-state index in [4.69, 9.17) is 4.74 Å². The highest BCUT2D eigenvalue weighted by molar-refractivity contribution is 5.39. The van der Waals surface area contributed by atoms with Crippen molar-refractivity contribution in [1.82, 2.24) is 5.32 Å². The molecule has 2 aromatic carbocycles. The Hall–Kier alpha value is -1.80. The molecular formula is C18H21NO. The van der Waals surface area contributed by atoms with Gasteiger partial charge in [-0.25, -0.2) is 0 Å².